The predicted molar refractivity (Wildman–Crippen MR) is 110 cm³/mol. The number of rotatable bonds is 4. The molecule has 7 nitrogen and oxygen atoms in total. The van der Waals surface area contributed by atoms with Crippen LogP contribution in [0.3, 0.4) is 0 Å². The number of piperidine rings is 1. The van der Waals surface area contributed by atoms with Crippen LogP contribution in [0.4, 0.5) is 11.4 Å². The molecular weight excluding hydrogens is 356 g/mol. The van der Waals surface area contributed by atoms with E-state index in [1.807, 2.05) is 18.2 Å². The maximum Gasteiger partial charge on any atom is 0.293 e. The van der Waals surface area contributed by atoms with E-state index >= 15 is 0 Å². The fourth-order valence-electron chi connectivity index (χ4n) is 4.00. The molecule has 0 aliphatic carbocycles. The van der Waals surface area contributed by atoms with Crippen molar-refractivity contribution < 1.29 is 4.92 Å². The average Bonchev–Trinajstić information content (AvgIpc) is 2.74. The molecule has 1 saturated heterocycles. The van der Waals surface area contributed by atoms with E-state index in [4.69, 9.17) is 0 Å². The van der Waals surface area contributed by atoms with E-state index < -0.39 is 0 Å². The molecule has 3 aromatic rings. The summed E-state index contributed by atoms with van der Waals surface area (Å²) in [6.45, 7) is 3.86. The number of benzene rings is 2. The Balaban J connectivity index is 1.77. The number of nitrogens with one attached hydrogen (secondary N) is 1. The van der Waals surface area contributed by atoms with Crippen molar-refractivity contribution in [3.63, 3.8) is 0 Å². The summed E-state index contributed by atoms with van der Waals surface area (Å²) >= 11 is 0. The van der Waals surface area contributed by atoms with Crippen LogP contribution in [0, 0.1) is 16.0 Å². The van der Waals surface area contributed by atoms with E-state index in [1.54, 1.807) is 24.3 Å². The molecular formula is C21H22N4O3. The Labute approximate surface area is 162 Å². The van der Waals surface area contributed by atoms with Gasteiger partial charge in [0.1, 0.15) is 5.69 Å². The highest BCUT2D eigenvalue weighted by atomic mass is 16.6. The minimum Gasteiger partial charge on any atom is -0.366 e. The van der Waals surface area contributed by atoms with E-state index in [2.05, 4.69) is 22.0 Å². The molecule has 144 valence electrons. The van der Waals surface area contributed by atoms with Gasteiger partial charge in [0.15, 0.2) is 0 Å². The van der Waals surface area contributed by atoms with Crippen LogP contribution >= 0.6 is 0 Å². The molecule has 0 unspecified atom stereocenters. The molecule has 1 aliphatic heterocycles. The second kappa shape index (κ2) is 7.42. The number of hydrogen-bond donors (Lipinski definition) is 1. The molecule has 0 bridgehead atoms. The normalized spacial score (nSPS) is 15.1. The quantitative estimate of drug-likeness (QED) is 0.544. The van der Waals surface area contributed by atoms with Gasteiger partial charge in [0, 0.05) is 30.1 Å². The van der Waals surface area contributed by atoms with Crippen molar-refractivity contribution in [2.45, 2.75) is 26.2 Å². The molecule has 1 aliphatic rings. The number of nitrogens with zero attached hydrogens (tertiary/aromatic N) is 3. The minimum absolute atomic E-state index is 0.0736. The third-order valence-corrected chi connectivity index (χ3v) is 5.67. The van der Waals surface area contributed by atoms with Crippen molar-refractivity contribution in [2.75, 3.05) is 18.0 Å². The van der Waals surface area contributed by atoms with Crippen LogP contribution in [-0.2, 0) is 0 Å². The fraction of sp³-hybridized carbons (Fsp3) is 0.333. The highest BCUT2D eigenvalue weighted by Crippen LogP contribution is 2.36. The van der Waals surface area contributed by atoms with Gasteiger partial charge in [-0.2, -0.15) is 5.10 Å². The molecule has 0 spiro atoms. The third-order valence-electron chi connectivity index (χ3n) is 5.67. The smallest absolute Gasteiger partial charge is 0.293 e. The number of aromatic nitrogens is 2. The maximum absolute atomic E-state index is 12.0. The number of hydrogen-bond acceptors (Lipinski definition) is 5. The van der Waals surface area contributed by atoms with Gasteiger partial charge in [-0.1, -0.05) is 37.6 Å². The monoisotopic (exact) mass is 378 g/mol. The summed E-state index contributed by atoms with van der Waals surface area (Å²) in [5, 5.41) is 19.6. The van der Waals surface area contributed by atoms with E-state index in [0.717, 1.165) is 32.4 Å². The summed E-state index contributed by atoms with van der Waals surface area (Å²) in [4.78, 5) is 25.6. The van der Waals surface area contributed by atoms with Crippen LogP contribution in [0.25, 0.3) is 22.0 Å². The van der Waals surface area contributed by atoms with Crippen LogP contribution in [0.5, 0.6) is 0 Å². The van der Waals surface area contributed by atoms with Crippen molar-refractivity contribution >= 4 is 22.1 Å². The Bertz CT molecular complexity index is 1080. The van der Waals surface area contributed by atoms with Gasteiger partial charge < -0.3 is 4.90 Å². The van der Waals surface area contributed by atoms with Crippen LogP contribution in [0.1, 0.15) is 26.2 Å². The van der Waals surface area contributed by atoms with E-state index in [9.17, 15) is 14.9 Å². The lowest BCUT2D eigenvalue weighted by Gasteiger charge is -2.32. The van der Waals surface area contributed by atoms with Crippen molar-refractivity contribution in [1.82, 2.24) is 10.2 Å². The molecule has 2 heterocycles. The highest BCUT2D eigenvalue weighted by molar-refractivity contribution is 5.94. The molecule has 0 amide bonds. The number of fused-ring (bicyclic) bond motifs is 1. The molecule has 7 heteroatoms. The molecule has 4 rings (SSSR count). The van der Waals surface area contributed by atoms with Gasteiger partial charge in [-0.3, -0.25) is 14.9 Å². The zero-order valence-corrected chi connectivity index (χ0v) is 15.7. The second-order valence-electron chi connectivity index (χ2n) is 7.25. The SMILES string of the molecule is CCC1CCN(c2ccc(-c3n[nH]c(=O)c4ccccc34)cc2[N+](=O)[O-])CC1. The van der Waals surface area contributed by atoms with E-state index in [0.29, 0.717) is 33.6 Å². The second-order valence-corrected chi connectivity index (χ2v) is 7.25. The van der Waals surface area contributed by atoms with Crippen molar-refractivity contribution in [1.29, 1.82) is 0 Å². The molecule has 0 saturated carbocycles. The van der Waals surface area contributed by atoms with E-state index in [1.165, 1.54) is 0 Å². The minimum atomic E-state index is -0.335. The standard InChI is InChI=1S/C21H22N4O3/c1-2-14-9-11-24(12-10-14)18-8-7-15(13-19(18)25(27)28)20-16-5-3-4-6-17(16)21(26)23-22-20/h3-8,13-14H,2,9-12H2,1H3,(H,23,26). The summed E-state index contributed by atoms with van der Waals surface area (Å²) in [5.74, 6) is 0.700. The van der Waals surface area contributed by atoms with Gasteiger partial charge in [-0.05, 0) is 30.9 Å². The van der Waals surface area contributed by atoms with Gasteiger partial charge in [-0.25, -0.2) is 5.10 Å². The summed E-state index contributed by atoms with van der Waals surface area (Å²) in [6.07, 6.45) is 3.27. The molecule has 0 atom stereocenters. The molecule has 1 aromatic heterocycles. The van der Waals surface area contributed by atoms with Gasteiger partial charge in [0.05, 0.1) is 16.0 Å². The first-order valence-electron chi connectivity index (χ1n) is 9.59. The Morgan fingerprint density at radius 1 is 1.18 bits per heavy atom. The maximum atomic E-state index is 12.0. The summed E-state index contributed by atoms with van der Waals surface area (Å²) < 4.78 is 0. The van der Waals surface area contributed by atoms with Gasteiger partial charge in [0.25, 0.3) is 11.2 Å². The summed E-state index contributed by atoms with van der Waals surface area (Å²) in [5.41, 5.74) is 1.60. The van der Waals surface area contributed by atoms with E-state index in [-0.39, 0.29) is 16.2 Å². The Morgan fingerprint density at radius 2 is 1.89 bits per heavy atom. The number of anilines is 1. The lowest BCUT2D eigenvalue weighted by atomic mass is 9.94. The first-order valence-corrected chi connectivity index (χ1v) is 9.59. The average molecular weight is 378 g/mol. The van der Waals surface area contributed by atoms with Crippen LogP contribution in [0.15, 0.2) is 47.3 Å². The lowest BCUT2D eigenvalue weighted by molar-refractivity contribution is -0.384. The molecule has 28 heavy (non-hydrogen) atoms. The highest BCUT2D eigenvalue weighted by Gasteiger charge is 2.25. The first-order chi connectivity index (χ1) is 13.6. The topological polar surface area (TPSA) is 92.1 Å². The zero-order valence-electron chi connectivity index (χ0n) is 15.7. The number of aromatic amines is 1. The fourth-order valence-corrected chi connectivity index (χ4v) is 4.00. The van der Waals surface area contributed by atoms with Crippen molar-refractivity contribution in [2.24, 2.45) is 5.92 Å². The van der Waals surface area contributed by atoms with Crippen molar-refractivity contribution in [3.05, 3.63) is 62.9 Å². The zero-order chi connectivity index (χ0) is 19.7. The first kappa shape index (κ1) is 18.2. The molecule has 1 N–H and O–H groups in total. The Hall–Kier alpha value is -3.22. The Morgan fingerprint density at radius 3 is 2.57 bits per heavy atom. The van der Waals surface area contributed by atoms with Crippen molar-refractivity contribution in [3.8, 4) is 11.3 Å². The number of nitro benzene ring substituents is 1. The van der Waals surface area contributed by atoms with Gasteiger partial charge in [-0.15, -0.1) is 0 Å². The number of nitro groups is 1. The molecule has 0 radical (unpaired) electrons. The summed E-state index contributed by atoms with van der Waals surface area (Å²) in [7, 11) is 0. The molecule has 1 fully saturated rings. The Kier molecular flexibility index (Phi) is 4.81. The number of H-pyrrole nitrogens is 1. The van der Waals surface area contributed by atoms with Crippen LogP contribution in [0.2, 0.25) is 0 Å². The largest absolute Gasteiger partial charge is 0.366 e. The van der Waals surface area contributed by atoms with Gasteiger partial charge in [0.2, 0.25) is 0 Å². The van der Waals surface area contributed by atoms with Gasteiger partial charge >= 0.3 is 0 Å². The third kappa shape index (κ3) is 3.24. The predicted octanol–water partition coefficient (Wildman–Crippen LogP) is 4.12. The molecule has 2 aromatic carbocycles. The van der Waals surface area contributed by atoms with Crippen LogP contribution < -0.4 is 10.5 Å². The summed E-state index contributed by atoms with van der Waals surface area (Å²) in [6, 6.07) is 12.4. The van der Waals surface area contributed by atoms with Crippen LogP contribution in [-0.4, -0.2) is 28.2 Å². The lowest BCUT2D eigenvalue weighted by Crippen LogP contribution is -2.33.